The van der Waals surface area contributed by atoms with Crippen LogP contribution in [0.1, 0.15) is 5.56 Å². The molecule has 0 fully saturated rings. The number of benzene rings is 1. The normalized spacial score (nSPS) is 11.4. The Morgan fingerprint density at radius 3 is 2.59 bits per heavy atom. The quantitative estimate of drug-likeness (QED) is 0.546. The van der Waals surface area contributed by atoms with E-state index in [0.717, 1.165) is 0 Å². The molecule has 0 saturated carbocycles. The highest BCUT2D eigenvalue weighted by molar-refractivity contribution is 14.1. The number of Topliss-reactive ketones (excluding diaryl/α,β-unsaturated/α-hetero) is 1. The van der Waals surface area contributed by atoms with Crippen LogP contribution < -0.4 is 4.74 Å². The number of carbonyl (C=O) groups is 1. The van der Waals surface area contributed by atoms with Crippen molar-refractivity contribution in [2.45, 2.75) is 12.8 Å². The van der Waals surface area contributed by atoms with Crippen molar-refractivity contribution >= 4 is 44.3 Å². The predicted octanol–water partition coefficient (Wildman–Crippen LogP) is 3.70. The molecule has 0 radical (unpaired) electrons. The van der Waals surface area contributed by atoms with E-state index >= 15 is 0 Å². The minimum absolute atomic E-state index is 0.0797. The molecule has 17 heavy (non-hydrogen) atoms. The largest absolute Gasteiger partial charge is 0.573 e. The Morgan fingerprint density at radius 2 is 2.06 bits per heavy atom. The number of hydrogen-bond donors (Lipinski definition) is 0. The highest BCUT2D eigenvalue weighted by atomic mass is 127. The third kappa shape index (κ3) is 5.24. The minimum atomic E-state index is -4.72. The van der Waals surface area contributed by atoms with Crippen LogP contribution in [0.25, 0.3) is 0 Å². The number of carbonyl (C=O) groups excluding carboxylic acids is 1. The van der Waals surface area contributed by atoms with E-state index in [2.05, 4.69) is 20.7 Å². The number of ketones is 1. The maximum atomic E-state index is 12.1. The third-order valence-corrected chi connectivity index (χ3v) is 3.29. The fourth-order valence-corrected chi connectivity index (χ4v) is 1.78. The summed E-state index contributed by atoms with van der Waals surface area (Å²) in [4.78, 5) is 11.2. The summed E-state index contributed by atoms with van der Waals surface area (Å²) in [7, 11) is 0. The summed E-state index contributed by atoms with van der Waals surface area (Å²) >= 11 is 4.73. The van der Waals surface area contributed by atoms with Crippen molar-refractivity contribution in [1.82, 2.24) is 0 Å². The van der Waals surface area contributed by atoms with Gasteiger partial charge in [0.25, 0.3) is 0 Å². The molecule has 0 aromatic heterocycles. The lowest BCUT2D eigenvalue weighted by molar-refractivity contribution is -0.274. The van der Waals surface area contributed by atoms with Gasteiger partial charge in [0.05, 0.1) is 8.90 Å². The van der Waals surface area contributed by atoms with Gasteiger partial charge < -0.3 is 4.74 Å². The van der Waals surface area contributed by atoms with Crippen LogP contribution in [0.15, 0.2) is 18.2 Å². The van der Waals surface area contributed by atoms with Crippen molar-refractivity contribution in [3.63, 3.8) is 0 Å². The maximum absolute atomic E-state index is 12.1. The molecular formula is C10H7BrF3IO2. The van der Waals surface area contributed by atoms with E-state index in [1.54, 1.807) is 28.7 Å². The zero-order chi connectivity index (χ0) is 13.1. The van der Waals surface area contributed by atoms with Crippen LogP contribution in [0, 0.1) is 3.57 Å². The van der Waals surface area contributed by atoms with Gasteiger partial charge in [-0.3, -0.25) is 4.79 Å². The smallest absolute Gasteiger partial charge is 0.405 e. The molecule has 0 aliphatic heterocycles. The van der Waals surface area contributed by atoms with E-state index in [0.29, 0.717) is 9.13 Å². The molecule has 0 unspecified atom stereocenters. The summed E-state index contributed by atoms with van der Waals surface area (Å²) in [6, 6.07) is 4.32. The first kappa shape index (κ1) is 14.7. The zero-order valence-corrected chi connectivity index (χ0v) is 12.1. The summed E-state index contributed by atoms with van der Waals surface area (Å²) in [6.45, 7) is 0. The molecule has 0 bridgehead atoms. The van der Waals surface area contributed by atoms with Crippen molar-refractivity contribution in [3.8, 4) is 5.75 Å². The van der Waals surface area contributed by atoms with Crippen molar-refractivity contribution in [2.75, 3.05) is 5.33 Å². The van der Waals surface area contributed by atoms with Gasteiger partial charge in [0.2, 0.25) is 0 Å². The molecule has 94 valence electrons. The summed E-state index contributed by atoms with van der Waals surface area (Å²) in [6.07, 6.45) is -4.64. The molecule has 0 amide bonds. The summed E-state index contributed by atoms with van der Waals surface area (Å²) in [5.74, 6) is -0.387. The Balaban J connectivity index is 2.90. The lowest BCUT2D eigenvalue weighted by atomic mass is 10.1. The molecule has 0 N–H and O–H groups in total. The van der Waals surface area contributed by atoms with Crippen molar-refractivity contribution < 1.29 is 22.7 Å². The van der Waals surface area contributed by atoms with E-state index in [9.17, 15) is 18.0 Å². The molecule has 1 aromatic carbocycles. The molecule has 1 rings (SSSR count). The Bertz CT molecular complexity index is 421. The topological polar surface area (TPSA) is 26.3 Å². The van der Waals surface area contributed by atoms with Crippen LogP contribution in [0.3, 0.4) is 0 Å². The zero-order valence-electron chi connectivity index (χ0n) is 8.35. The van der Waals surface area contributed by atoms with Crippen molar-refractivity contribution in [3.05, 3.63) is 27.3 Å². The fourth-order valence-electron chi connectivity index (χ4n) is 1.14. The molecule has 1 aromatic rings. The molecule has 2 nitrogen and oxygen atoms in total. The van der Waals surface area contributed by atoms with E-state index in [1.165, 1.54) is 12.1 Å². The van der Waals surface area contributed by atoms with Gasteiger partial charge in [0.1, 0.15) is 11.5 Å². The first-order chi connectivity index (χ1) is 7.81. The molecular weight excluding hydrogens is 416 g/mol. The van der Waals surface area contributed by atoms with Crippen LogP contribution in [-0.4, -0.2) is 17.5 Å². The SMILES string of the molecule is O=C(CBr)Cc1ccc(I)c(OC(F)(F)F)c1. The van der Waals surface area contributed by atoms with Crippen LogP contribution in [0.5, 0.6) is 5.75 Å². The lowest BCUT2D eigenvalue weighted by Gasteiger charge is -2.11. The molecule has 0 atom stereocenters. The Hall–Kier alpha value is -0.310. The fraction of sp³-hybridized carbons (Fsp3) is 0.300. The van der Waals surface area contributed by atoms with E-state index in [1.807, 2.05) is 0 Å². The molecule has 0 spiro atoms. The number of halogens is 5. The monoisotopic (exact) mass is 422 g/mol. The van der Waals surface area contributed by atoms with Crippen molar-refractivity contribution in [1.29, 1.82) is 0 Å². The highest BCUT2D eigenvalue weighted by Crippen LogP contribution is 2.28. The van der Waals surface area contributed by atoms with Crippen LogP contribution >= 0.6 is 38.5 Å². The second-order valence-corrected chi connectivity index (χ2v) is 4.88. The van der Waals surface area contributed by atoms with Gasteiger partial charge in [-0.2, -0.15) is 0 Å². The standard InChI is InChI=1S/C10H7BrF3IO2/c11-5-7(16)3-6-1-2-8(15)9(4-6)17-10(12,13)14/h1-2,4H,3,5H2. The maximum Gasteiger partial charge on any atom is 0.573 e. The van der Waals surface area contributed by atoms with Crippen molar-refractivity contribution in [2.24, 2.45) is 0 Å². The first-order valence-corrected chi connectivity index (χ1v) is 6.63. The second kappa shape index (κ2) is 6.03. The molecule has 0 heterocycles. The van der Waals surface area contributed by atoms with E-state index in [4.69, 9.17) is 0 Å². The Kier molecular flexibility index (Phi) is 5.23. The van der Waals surface area contributed by atoms with Gasteiger partial charge in [-0.25, -0.2) is 0 Å². The average molecular weight is 423 g/mol. The number of hydrogen-bond acceptors (Lipinski definition) is 2. The molecule has 0 aliphatic rings. The Labute approximate surface area is 118 Å². The minimum Gasteiger partial charge on any atom is -0.405 e. The molecule has 7 heteroatoms. The van der Waals surface area contributed by atoms with E-state index in [-0.39, 0.29) is 23.3 Å². The predicted molar refractivity (Wildman–Crippen MR) is 68.3 cm³/mol. The first-order valence-electron chi connectivity index (χ1n) is 4.43. The lowest BCUT2D eigenvalue weighted by Crippen LogP contribution is -2.18. The van der Waals surface area contributed by atoms with Gasteiger partial charge in [-0.15, -0.1) is 13.2 Å². The van der Waals surface area contributed by atoms with Gasteiger partial charge in [0, 0.05) is 6.42 Å². The second-order valence-electron chi connectivity index (χ2n) is 3.16. The molecule has 0 saturated heterocycles. The summed E-state index contributed by atoms with van der Waals surface area (Å²) in [5.41, 5.74) is 0.495. The van der Waals surface area contributed by atoms with Crippen LogP contribution in [-0.2, 0) is 11.2 Å². The summed E-state index contributed by atoms with van der Waals surface area (Å²) < 4.78 is 40.4. The van der Waals surface area contributed by atoms with Crippen LogP contribution in [0.4, 0.5) is 13.2 Å². The number of ether oxygens (including phenoxy) is 1. The number of alkyl halides is 4. The van der Waals surface area contributed by atoms with Gasteiger partial charge >= 0.3 is 6.36 Å². The van der Waals surface area contributed by atoms with Gasteiger partial charge in [0.15, 0.2) is 0 Å². The molecule has 0 aliphatic carbocycles. The highest BCUT2D eigenvalue weighted by Gasteiger charge is 2.32. The van der Waals surface area contributed by atoms with Gasteiger partial charge in [-0.05, 0) is 40.3 Å². The number of rotatable bonds is 4. The van der Waals surface area contributed by atoms with Crippen LogP contribution in [0.2, 0.25) is 0 Å². The van der Waals surface area contributed by atoms with Gasteiger partial charge in [-0.1, -0.05) is 22.0 Å². The summed E-state index contributed by atoms with van der Waals surface area (Å²) in [5, 5.41) is 0.175. The Morgan fingerprint density at radius 1 is 1.41 bits per heavy atom. The van der Waals surface area contributed by atoms with E-state index < -0.39 is 6.36 Å². The average Bonchev–Trinajstić information content (AvgIpc) is 2.21. The third-order valence-electron chi connectivity index (χ3n) is 1.77.